The molecule has 9 nitrogen and oxygen atoms in total. The molecule has 0 spiro atoms. The molecule has 0 radical (unpaired) electrons. The van der Waals surface area contributed by atoms with Gasteiger partial charge in [-0.1, -0.05) is 51.1 Å². The Labute approximate surface area is 217 Å². The Morgan fingerprint density at radius 1 is 1.00 bits per heavy atom. The number of carbonyl (C=O) groups excluding carboxylic acids is 3. The van der Waals surface area contributed by atoms with E-state index >= 15 is 0 Å². The quantitative estimate of drug-likeness (QED) is 0.334. The van der Waals surface area contributed by atoms with Gasteiger partial charge in [-0.15, -0.1) is 0 Å². The fraction of sp³-hybridized carbons (Fsp3) is 0.429. The number of rotatable bonds is 14. The Balaban J connectivity index is 1.65. The van der Waals surface area contributed by atoms with Gasteiger partial charge in [-0.05, 0) is 48.9 Å². The second-order valence-electron chi connectivity index (χ2n) is 9.55. The summed E-state index contributed by atoms with van der Waals surface area (Å²) in [5.41, 5.74) is 1.45. The van der Waals surface area contributed by atoms with E-state index in [2.05, 4.69) is 10.6 Å². The highest BCUT2D eigenvalue weighted by molar-refractivity contribution is 6.21. The molecule has 0 fully saturated rings. The lowest BCUT2D eigenvalue weighted by Gasteiger charge is -2.25. The number of imide groups is 1. The fourth-order valence-corrected chi connectivity index (χ4v) is 4.19. The van der Waals surface area contributed by atoms with Gasteiger partial charge in [0.1, 0.15) is 11.8 Å². The maximum atomic E-state index is 12.9. The van der Waals surface area contributed by atoms with Crippen LogP contribution in [-0.4, -0.2) is 58.9 Å². The molecule has 2 aromatic rings. The topological polar surface area (TPSA) is 125 Å². The molecule has 0 saturated heterocycles. The summed E-state index contributed by atoms with van der Waals surface area (Å²) in [4.78, 5) is 51.8. The number of nitrogens with zero attached hydrogens (tertiary/aromatic N) is 1. The molecule has 1 unspecified atom stereocenters. The summed E-state index contributed by atoms with van der Waals surface area (Å²) in [7, 11) is 0. The summed E-state index contributed by atoms with van der Waals surface area (Å²) in [6, 6.07) is 12.3. The first kappa shape index (κ1) is 27.9. The molecule has 2 atom stereocenters. The summed E-state index contributed by atoms with van der Waals surface area (Å²) in [6.45, 7) is 6.59. The lowest BCUT2D eigenvalue weighted by molar-refractivity contribution is -0.140. The fourth-order valence-electron chi connectivity index (χ4n) is 4.19. The normalized spacial score (nSPS) is 14.4. The van der Waals surface area contributed by atoms with E-state index in [0.29, 0.717) is 25.3 Å². The first-order valence-corrected chi connectivity index (χ1v) is 12.6. The number of aliphatic carboxylic acids is 1. The minimum Gasteiger partial charge on any atom is -0.494 e. The first-order chi connectivity index (χ1) is 17.7. The third-order valence-corrected chi connectivity index (χ3v) is 6.09. The largest absolute Gasteiger partial charge is 0.494 e. The van der Waals surface area contributed by atoms with Gasteiger partial charge in [0.15, 0.2) is 0 Å². The molecular weight excluding hydrogens is 474 g/mol. The van der Waals surface area contributed by atoms with Crippen molar-refractivity contribution < 1.29 is 29.0 Å². The lowest BCUT2D eigenvalue weighted by Crippen LogP contribution is -2.52. The average Bonchev–Trinajstić information content (AvgIpc) is 3.11. The molecule has 1 aliphatic rings. The second-order valence-corrected chi connectivity index (χ2v) is 9.55. The second kappa shape index (κ2) is 13.0. The monoisotopic (exact) mass is 509 g/mol. The number of ether oxygens (including phenoxy) is 1. The van der Waals surface area contributed by atoms with Crippen LogP contribution >= 0.6 is 0 Å². The van der Waals surface area contributed by atoms with Gasteiger partial charge in [-0.25, -0.2) is 0 Å². The van der Waals surface area contributed by atoms with E-state index < -0.39 is 29.9 Å². The van der Waals surface area contributed by atoms with Crippen molar-refractivity contribution in [1.82, 2.24) is 15.5 Å². The SMILES string of the molecule is CCCOc1ccc2c(c1)C(=O)N(CCC(N[C@H](CC(C)C)C(=O)NCc1ccccc1)C(=O)O)C2=O. The van der Waals surface area contributed by atoms with Crippen molar-refractivity contribution in [3.05, 3.63) is 65.2 Å². The molecule has 37 heavy (non-hydrogen) atoms. The molecule has 0 aromatic heterocycles. The van der Waals surface area contributed by atoms with E-state index in [0.717, 1.165) is 16.9 Å². The van der Waals surface area contributed by atoms with Crippen molar-refractivity contribution in [1.29, 1.82) is 0 Å². The summed E-state index contributed by atoms with van der Waals surface area (Å²) in [5.74, 6) is -1.77. The van der Waals surface area contributed by atoms with Crippen molar-refractivity contribution >= 4 is 23.7 Å². The molecule has 198 valence electrons. The number of nitrogens with one attached hydrogen (secondary N) is 2. The Morgan fingerprint density at radius 2 is 1.70 bits per heavy atom. The van der Waals surface area contributed by atoms with Gasteiger partial charge in [-0.3, -0.25) is 29.4 Å². The van der Waals surface area contributed by atoms with Crippen LogP contribution in [0, 0.1) is 5.92 Å². The highest BCUT2D eigenvalue weighted by atomic mass is 16.5. The van der Waals surface area contributed by atoms with E-state index in [1.807, 2.05) is 51.1 Å². The van der Waals surface area contributed by atoms with Crippen LogP contribution in [0.2, 0.25) is 0 Å². The first-order valence-electron chi connectivity index (χ1n) is 12.6. The zero-order valence-corrected chi connectivity index (χ0v) is 21.5. The molecule has 3 amide bonds. The number of amides is 3. The maximum absolute atomic E-state index is 12.9. The van der Waals surface area contributed by atoms with Crippen LogP contribution in [0.15, 0.2) is 48.5 Å². The van der Waals surface area contributed by atoms with Crippen LogP contribution < -0.4 is 15.4 Å². The van der Waals surface area contributed by atoms with Gasteiger partial charge in [0.2, 0.25) is 5.91 Å². The Kier molecular flexibility index (Phi) is 9.79. The highest BCUT2D eigenvalue weighted by Gasteiger charge is 2.37. The molecule has 0 bridgehead atoms. The van der Waals surface area contributed by atoms with E-state index in [9.17, 15) is 24.3 Å². The van der Waals surface area contributed by atoms with Crippen LogP contribution in [0.5, 0.6) is 5.75 Å². The van der Waals surface area contributed by atoms with Gasteiger partial charge in [-0.2, -0.15) is 0 Å². The van der Waals surface area contributed by atoms with E-state index in [1.165, 1.54) is 0 Å². The predicted octanol–water partition coefficient (Wildman–Crippen LogP) is 3.24. The standard InChI is InChI=1S/C28H35N3O6/c1-4-14-37-20-10-11-21-22(16-20)27(34)31(26(21)33)13-12-23(28(35)36)30-24(15-18(2)3)25(32)29-17-19-8-6-5-7-9-19/h5-11,16,18,23-24,30H,4,12-15,17H2,1-3H3,(H,29,32)(H,35,36)/t23?,24-/m1/s1. The summed E-state index contributed by atoms with van der Waals surface area (Å²) in [6.07, 6.45) is 1.19. The number of carboxylic acids is 1. The maximum Gasteiger partial charge on any atom is 0.320 e. The third kappa shape index (κ3) is 7.39. The number of carboxylic acid groups (broad SMARTS) is 1. The molecular formula is C28H35N3O6. The third-order valence-electron chi connectivity index (χ3n) is 6.09. The minimum absolute atomic E-state index is 0.0411. The molecule has 2 aromatic carbocycles. The van der Waals surface area contributed by atoms with Crippen LogP contribution in [0.3, 0.4) is 0 Å². The summed E-state index contributed by atoms with van der Waals surface area (Å²) < 4.78 is 5.57. The van der Waals surface area contributed by atoms with Crippen molar-refractivity contribution in [3.63, 3.8) is 0 Å². The van der Waals surface area contributed by atoms with E-state index in [-0.39, 0.29) is 35.9 Å². The van der Waals surface area contributed by atoms with Gasteiger partial charge in [0.25, 0.3) is 11.8 Å². The van der Waals surface area contributed by atoms with E-state index in [4.69, 9.17) is 4.74 Å². The molecule has 1 heterocycles. The number of fused-ring (bicyclic) bond motifs is 1. The van der Waals surface area contributed by atoms with Gasteiger partial charge < -0.3 is 15.2 Å². The number of benzene rings is 2. The molecule has 0 aliphatic carbocycles. The van der Waals surface area contributed by atoms with Crippen LogP contribution in [0.1, 0.15) is 66.3 Å². The molecule has 0 saturated carbocycles. The predicted molar refractivity (Wildman–Crippen MR) is 138 cm³/mol. The smallest absolute Gasteiger partial charge is 0.320 e. The van der Waals surface area contributed by atoms with E-state index in [1.54, 1.807) is 18.2 Å². The van der Waals surface area contributed by atoms with Gasteiger partial charge in [0, 0.05) is 13.1 Å². The Bertz CT molecular complexity index is 1120. The van der Waals surface area contributed by atoms with Crippen molar-refractivity contribution in [2.45, 2.75) is 58.7 Å². The average molecular weight is 510 g/mol. The summed E-state index contributed by atoms with van der Waals surface area (Å²) in [5, 5.41) is 15.7. The van der Waals surface area contributed by atoms with Gasteiger partial charge in [0.05, 0.1) is 23.8 Å². The Hall–Kier alpha value is -3.72. The zero-order chi connectivity index (χ0) is 26.9. The Morgan fingerprint density at radius 3 is 2.35 bits per heavy atom. The van der Waals surface area contributed by atoms with Crippen molar-refractivity contribution in [3.8, 4) is 5.75 Å². The number of hydrogen-bond acceptors (Lipinski definition) is 6. The molecule has 3 N–H and O–H groups in total. The van der Waals surface area contributed by atoms with Crippen LogP contribution in [-0.2, 0) is 16.1 Å². The number of hydrogen-bond donors (Lipinski definition) is 3. The van der Waals surface area contributed by atoms with Crippen molar-refractivity contribution in [2.24, 2.45) is 5.92 Å². The van der Waals surface area contributed by atoms with Crippen LogP contribution in [0.25, 0.3) is 0 Å². The molecule has 1 aliphatic heterocycles. The van der Waals surface area contributed by atoms with Crippen molar-refractivity contribution in [2.75, 3.05) is 13.2 Å². The van der Waals surface area contributed by atoms with Gasteiger partial charge >= 0.3 is 5.97 Å². The zero-order valence-electron chi connectivity index (χ0n) is 21.5. The minimum atomic E-state index is -1.16. The van der Waals surface area contributed by atoms with Crippen LogP contribution in [0.4, 0.5) is 0 Å². The summed E-state index contributed by atoms with van der Waals surface area (Å²) >= 11 is 0. The number of carbonyl (C=O) groups is 4. The molecule has 9 heteroatoms. The molecule has 3 rings (SSSR count). The lowest BCUT2D eigenvalue weighted by atomic mass is 10.0. The highest BCUT2D eigenvalue weighted by Crippen LogP contribution is 2.27.